The molecule has 3 N–H and O–H groups in total. The van der Waals surface area contributed by atoms with E-state index in [1.54, 1.807) is 0 Å². The molecule has 21 heavy (non-hydrogen) atoms. The molecule has 112 valence electrons. The summed E-state index contributed by atoms with van der Waals surface area (Å²) in [5, 5.41) is 19.9. The van der Waals surface area contributed by atoms with Crippen molar-refractivity contribution in [2.75, 3.05) is 25.5 Å². The van der Waals surface area contributed by atoms with Gasteiger partial charge in [0.2, 0.25) is 0 Å². The first kappa shape index (κ1) is 14.7. The molecule has 1 aliphatic heterocycles. The van der Waals surface area contributed by atoms with Crippen molar-refractivity contribution in [3.63, 3.8) is 0 Å². The zero-order valence-corrected chi connectivity index (χ0v) is 10.9. The molecule has 1 heterocycles. The summed E-state index contributed by atoms with van der Waals surface area (Å²) in [4.78, 5) is 34.8. The van der Waals surface area contributed by atoms with Crippen LogP contribution in [0.25, 0.3) is 0 Å². The topological polar surface area (TPSA) is 136 Å². The van der Waals surface area contributed by atoms with Gasteiger partial charge in [0.15, 0.2) is 6.04 Å². The Morgan fingerprint density at radius 1 is 1.48 bits per heavy atom. The quantitative estimate of drug-likeness (QED) is 0.458. The van der Waals surface area contributed by atoms with Crippen LogP contribution in [0.15, 0.2) is 18.2 Å². The van der Waals surface area contributed by atoms with Crippen LogP contribution in [-0.2, 0) is 9.53 Å². The fourth-order valence-electron chi connectivity index (χ4n) is 2.10. The summed E-state index contributed by atoms with van der Waals surface area (Å²) in [6, 6.07) is 2.71. The number of anilines is 1. The number of hydrogen-bond donors (Lipinski definition) is 2. The average molecular weight is 295 g/mol. The van der Waals surface area contributed by atoms with Gasteiger partial charge in [0, 0.05) is 12.6 Å². The largest absolute Gasteiger partial charge is 0.480 e. The molecule has 0 aromatic heterocycles. The number of nitrogens with two attached hydrogens (primary N) is 1. The fraction of sp³-hybridized carbons (Fsp3) is 0.333. The van der Waals surface area contributed by atoms with Crippen molar-refractivity contribution < 1.29 is 24.4 Å². The molecule has 1 fully saturated rings. The summed E-state index contributed by atoms with van der Waals surface area (Å²) in [6.07, 6.45) is 0. The number of para-hydroxylation sites is 1. The van der Waals surface area contributed by atoms with E-state index in [0.717, 1.165) is 4.90 Å². The second kappa shape index (κ2) is 5.75. The van der Waals surface area contributed by atoms with Gasteiger partial charge in [0.1, 0.15) is 5.69 Å². The number of hydrogen-bond acceptors (Lipinski definition) is 6. The van der Waals surface area contributed by atoms with E-state index in [4.69, 9.17) is 15.6 Å². The third kappa shape index (κ3) is 2.77. The Balaban J connectivity index is 2.37. The minimum atomic E-state index is -1.20. The maximum atomic E-state index is 12.4. The number of amides is 1. The molecule has 1 amide bonds. The smallest absolute Gasteiger partial charge is 0.328 e. The first-order chi connectivity index (χ1) is 9.93. The standard InChI is InChI=1S/C12H13N3O6/c13-10-7(2-1-3-8(10)15(19)20)11(16)14-4-5-21-6-9(14)12(17)18/h1-3,9H,4-6,13H2,(H,17,18). The monoisotopic (exact) mass is 295 g/mol. The van der Waals surface area contributed by atoms with E-state index in [-0.39, 0.29) is 36.7 Å². The number of morpholine rings is 1. The van der Waals surface area contributed by atoms with E-state index in [0.29, 0.717) is 0 Å². The van der Waals surface area contributed by atoms with Crippen LogP contribution in [0.1, 0.15) is 10.4 Å². The van der Waals surface area contributed by atoms with E-state index in [9.17, 15) is 19.7 Å². The van der Waals surface area contributed by atoms with Gasteiger partial charge in [-0.3, -0.25) is 14.9 Å². The molecule has 0 aliphatic carbocycles. The van der Waals surface area contributed by atoms with E-state index >= 15 is 0 Å². The van der Waals surface area contributed by atoms with Crippen molar-refractivity contribution in [3.05, 3.63) is 33.9 Å². The van der Waals surface area contributed by atoms with Crippen LogP contribution >= 0.6 is 0 Å². The summed E-state index contributed by atoms with van der Waals surface area (Å²) in [6.45, 7) is 0.151. The molecule has 1 unspecified atom stereocenters. The highest BCUT2D eigenvalue weighted by Gasteiger charge is 2.34. The van der Waals surface area contributed by atoms with E-state index in [1.807, 2.05) is 0 Å². The Hall–Kier alpha value is -2.68. The van der Waals surface area contributed by atoms with Crippen LogP contribution in [0.3, 0.4) is 0 Å². The lowest BCUT2D eigenvalue weighted by Gasteiger charge is -2.33. The van der Waals surface area contributed by atoms with Gasteiger partial charge in [-0.2, -0.15) is 0 Å². The molecule has 1 aliphatic rings. The van der Waals surface area contributed by atoms with Crippen molar-refractivity contribution in [2.45, 2.75) is 6.04 Å². The van der Waals surface area contributed by atoms with Gasteiger partial charge in [-0.25, -0.2) is 4.79 Å². The third-order valence-corrected chi connectivity index (χ3v) is 3.18. The summed E-state index contributed by atoms with van der Waals surface area (Å²) in [5.41, 5.74) is 4.90. The van der Waals surface area contributed by atoms with Crippen molar-refractivity contribution in [1.82, 2.24) is 4.90 Å². The predicted molar refractivity (Wildman–Crippen MR) is 70.8 cm³/mol. The SMILES string of the molecule is Nc1c(C(=O)N2CCOCC2C(=O)O)cccc1[N+](=O)[O-]. The van der Waals surface area contributed by atoms with Crippen LogP contribution in [0.4, 0.5) is 11.4 Å². The summed E-state index contributed by atoms with van der Waals surface area (Å²) >= 11 is 0. The van der Waals surface area contributed by atoms with Crippen molar-refractivity contribution in [2.24, 2.45) is 0 Å². The zero-order valence-electron chi connectivity index (χ0n) is 10.9. The molecule has 0 radical (unpaired) electrons. The number of rotatable bonds is 3. The highest BCUT2D eigenvalue weighted by Crippen LogP contribution is 2.26. The number of nitro benzene ring substituents is 1. The Bertz CT molecular complexity index is 603. The zero-order chi connectivity index (χ0) is 15.6. The van der Waals surface area contributed by atoms with E-state index in [2.05, 4.69) is 0 Å². The van der Waals surface area contributed by atoms with Crippen LogP contribution in [-0.4, -0.2) is 52.6 Å². The summed E-state index contributed by atoms with van der Waals surface area (Å²) in [7, 11) is 0. The number of carbonyl (C=O) groups excluding carboxylic acids is 1. The minimum Gasteiger partial charge on any atom is -0.480 e. The Labute approximate surface area is 119 Å². The van der Waals surface area contributed by atoms with Crippen LogP contribution in [0, 0.1) is 10.1 Å². The highest BCUT2D eigenvalue weighted by molar-refractivity contribution is 6.02. The number of nitrogen functional groups attached to an aromatic ring is 1. The second-order valence-electron chi connectivity index (χ2n) is 4.42. The number of carboxylic acids is 1. The molecule has 1 atom stereocenters. The molecular weight excluding hydrogens is 282 g/mol. The molecular formula is C12H13N3O6. The summed E-state index contributed by atoms with van der Waals surface area (Å²) < 4.78 is 5.04. The first-order valence-electron chi connectivity index (χ1n) is 6.08. The van der Waals surface area contributed by atoms with Crippen LogP contribution in [0.5, 0.6) is 0 Å². The fourth-order valence-corrected chi connectivity index (χ4v) is 2.10. The number of ether oxygens (including phenoxy) is 1. The molecule has 2 rings (SSSR count). The first-order valence-corrected chi connectivity index (χ1v) is 6.08. The van der Waals surface area contributed by atoms with Gasteiger partial charge in [-0.15, -0.1) is 0 Å². The number of nitro groups is 1. The normalized spacial score (nSPS) is 18.3. The average Bonchev–Trinajstić information content (AvgIpc) is 2.46. The second-order valence-corrected chi connectivity index (χ2v) is 4.42. The van der Waals surface area contributed by atoms with Gasteiger partial charge in [0.25, 0.3) is 11.6 Å². The number of benzene rings is 1. The van der Waals surface area contributed by atoms with Gasteiger partial charge >= 0.3 is 5.97 Å². The molecule has 1 saturated heterocycles. The molecule has 0 saturated carbocycles. The molecule has 9 nitrogen and oxygen atoms in total. The Kier molecular flexibility index (Phi) is 4.03. The third-order valence-electron chi connectivity index (χ3n) is 3.18. The Morgan fingerprint density at radius 3 is 2.81 bits per heavy atom. The molecule has 1 aromatic carbocycles. The molecule has 0 spiro atoms. The number of carboxylic acid groups (broad SMARTS) is 1. The molecule has 1 aromatic rings. The highest BCUT2D eigenvalue weighted by atomic mass is 16.6. The van der Waals surface area contributed by atoms with Crippen molar-refractivity contribution in [1.29, 1.82) is 0 Å². The van der Waals surface area contributed by atoms with Gasteiger partial charge in [0.05, 0.1) is 23.7 Å². The van der Waals surface area contributed by atoms with Crippen LogP contribution in [0.2, 0.25) is 0 Å². The predicted octanol–water partition coefficient (Wildman–Crippen LogP) is 0.103. The lowest BCUT2D eigenvalue weighted by Crippen LogP contribution is -2.52. The van der Waals surface area contributed by atoms with E-state index in [1.165, 1.54) is 18.2 Å². The van der Waals surface area contributed by atoms with Gasteiger partial charge < -0.3 is 20.5 Å². The van der Waals surface area contributed by atoms with Gasteiger partial charge in [-0.05, 0) is 6.07 Å². The number of aliphatic carboxylic acids is 1. The van der Waals surface area contributed by atoms with Crippen molar-refractivity contribution >= 4 is 23.3 Å². The number of nitrogens with zero attached hydrogens (tertiary/aromatic N) is 2. The lowest BCUT2D eigenvalue weighted by atomic mass is 10.1. The van der Waals surface area contributed by atoms with Crippen molar-refractivity contribution in [3.8, 4) is 0 Å². The molecule has 9 heteroatoms. The maximum absolute atomic E-state index is 12.4. The van der Waals surface area contributed by atoms with E-state index < -0.39 is 22.8 Å². The summed E-state index contributed by atoms with van der Waals surface area (Å²) in [5.74, 6) is -1.86. The maximum Gasteiger partial charge on any atom is 0.328 e. The lowest BCUT2D eigenvalue weighted by molar-refractivity contribution is -0.383. The molecule has 0 bridgehead atoms. The number of carbonyl (C=O) groups is 2. The van der Waals surface area contributed by atoms with Gasteiger partial charge in [-0.1, -0.05) is 6.07 Å². The van der Waals surface area contributed by atoms with Crippen LogP contribution < -0.4 is 5.73 Å². The Morgan fingerprint density at radius 2 is 2.19 bits per heavy atom. The minimum absolute atomic E-state index is 0.0813.